The van der Waals surface area contributed by atoms with Crippen molar-refractivity contribution in [3.63, 3.8) is 0 Å². The molecule has 1 aromatic carbocycles. The van der Waals surface area contributed by atoms with Crippen LogP contribution in [0, 0.1) is 11.6 Å². The highest BCUT2D eigenvalue weighted by molar-refractivity contribution is 5.79. The third-order valence-electron chi connectivity index (χ3n) is 5.26. The summed E-state index contributed by atoms with van der Waals surface area (Å²) in [4.78, 5) is 13.4. The fourth-order valence-corrected chi connectivity index (χ4v) is 3.05. The Bertz CT molecular complexity index is 671. The topological polar surface area (TPSA) is 74.3 Å². The first kappa shape index (κ1) is 22.5. The maximum atomic E-state index is 14.4. The molecule has 0 bridgehead atoms. The van der Waals surface area contributed by atoms with Crippen molar-refractivity contribution < 1.29 is 28.2 Å². The molecule has 1 aliphatic carbocycles. The molecule has 2 rings (SSSR count). The van der Waals surface area contributed by atoms with E-state index in [1.165, 1.54) is 17.1 Å². The molecule has 2 N–H and O–H groups in total. The number of nitrogens with zero attached hydrogens (tertiary/aromatic N) is 2. The van der Waals surface area contributed by atoms with Crippen molar-refractivity contribution in [1.82, 2.24) is 15.3 Å². The number of benzene rings is 1. The summed E-state index contributed by atoms with van der Waals surface area (Å²) < 4.78 is 39.0. The van der Waals surface area contributed by atoms with Gasteiger partial charge in [0.1, 0.15) is 12.1 Å². The Kier molecular flexibility index (Phi) is 8.11. The van der Waals surface area contributed by atoms with Gasteiger partial charge in [-0.15, -0.1) is 0 Å². The zero-order chi connectivity index (χ0) is 20.7. The summed E-state index contributed by atoms with van der Waals surface area (Å²) >= 11 is 0. The van der Waals surface area contributed by atoms with E-state index in [0.717, 1.165) is 6.42 Å². The van der Waals surface area contributed by atoms with E-state index in [1.807, 2.05) is 11.9 Å². The molecule has 158 valence electrons. The Balaban J connectivity index is 1.90. The normalized spacial score (nSPS) is 15.7. The van der Waals surface area contributed by atoms with Crippen LogP contribution >= 0.6 is 0 Å². The molecule has 0 unspecified atom stereocenters. The van der Waals surface area contributed by atoms with E-state index in [2.05, 4.69) is 5.43 Å². The molecule has 0 amide bonds. The number of hydrogen-bond donors (Lipinski definition) is 2. The first-order valence-corrected chi connectivity index (χ1v) is 9.29. The Morgan fingerprint density at radius 3 is 2.46 bits per heavy atom. The number of carbonyl (C=O) groups is 1. The van der Waals surface area contributed by atoms with Gasteiger partial charge in [0.15, 0.2) is 11.6 Å². The monoisotopic (exact) mass is 401 g/mol. The second-order valence-electron chi connectivity index (χ2n) is 7.08. The minimum absolute atomic E-state index is 0.0195. The Labute approximate surface area is 164 Å². The molecule has 9 heteroatoms. The SMILES string of the molecule is COCCN(C)CCOc1ccc(CNN(C)C2(C(=O)O)CCC2)c(F)c1F. The van der Waals surface area contributed by atoms with Crippen LogP contribution in [-0.4, -0.2) is 74.0 Å². The molecular weight excluding hydrogens is 372 g/mol. The van der Waals surface area contributed by atoms with Gasteiger partial charge in [-0.25, -0.2) is 14.8 Å². The lowest BCUT2D eigenvalue weighted by atomic mass is 9.76. The standard InChI is InChI=1S/C19H29F2N3O4/c1-23(9-11-27-3)10-12-28-15-6-5-14(16(20)17(15)21)13-22-24(2)19(18(25)26)7-4-8-19/h5-6,22H,4,7-13H2,1-3H3,(H,25,26). The number of methoxy groups -OCH3 is 1. The summed E-state index contributed by atoms with van der Waals surface area (Å²) in [7, 11) is 5.11. The molecule has 0 radical (unpaired) electrons. The van der Waals surface area contributed by atoms with Gasteiger partial charge in [-0.05, 0) is 32.4 Å². The molecule has 0 spiro atoms. The summed E-state index contributed by atoms with van der Waals surface area (Å²) in [6, 6.07) is 2.83. The van der Waals surface area contributed by atoms with E-state index in [4.69, 9.17) is 9.47 Å². The van der Waals surface area contributed by atoms with Crippen LogP contribution in [0.15, 0.2) is 12.1 Å². The third-order valence-corrected chi connectivity index (χ3v) is 5.26. The molecule has 7 nitrogen and oxygen atoms in total. The third kappa shape index (κ3) is 5.16. The number of hydrogen-bond acceptors (Lipinski definition) is 6. The number of rotatable bonds is 12. The molecule has 1 saturated carbocycles. The summed E-state index contributed by atoms with van der Waals surface area (Å²) in [5.74, 6) is -3.10. The molecule has 1 fully saturated rings. The lowest BCUT2D eigenvalue weighted by Gasteiger charge is -2.44. The summed E-state index contributed by atoms with van der Waals surface area (Å²) in [5.41, 5.74) is 2.00. The predicted molar refractivity (Wildman–Crippen MR) is 100 cm³/mol. The first-order chi connectivity index (χ1) is 13.3. The zero-order valence-corrected chi connectivity index (χ0v) is 16.6. The maximum Gasteiger partial charge on any atom is 0.325 e. The fourth-order valence-electron chi connectivity index (χ4n) is 3.05. The van der Waals surface area contributed by atoms with Gasteiger partial charge in [0.25, 0.3) is 0 Å². The van der Waals surface area contributed by atoms with E-state index in [0.29, 0.717) is 32.5 Å². The van der Waals surface area contributed by atoms with Crippen LogP contribution in [0.25, 0.3) is 0 Å². The van der Waals surface area contributed by atoms with Crippen molar-refractivity contribution >= 4 is 5.97 Å². The Morgan fingerprint density at radius 1 is 1.21 bits per heavy atom. The summed E-state index contributed by atoms with van der Waals surface area (Å²) in [6.45, 7) is 2.05. The number of aliphatic carboxylic acids is 1. The van der Waals surface area contributed by atoms with Crippen LogP contribution in [0.4, 0.5) is 8.78 Å². The predicted octanol–water partition coefficient (Wildman–Crippen LogP) is 1.87. The highest BCUT2D eigenvalue weighted by atomic mass is 19.2. The number of carboxylic acids is 1. The van der Waals surface area contributed by atoms with Crippen LogP contribution in [0.1, 0.15) is 24.8 Å². The smallest absolute Gasteiger partial charge is 0.325 e. The summed E-state index contributed by atoms with van der Waals surface area (Å²) in [6.07, 6.45) is 1.87. The van der Waals surface area contributed by atoms with Crippen LogP contribution in [0.3, 0.4) is 0 Å². The molecular formula is C19H29F2N3O4. The van der Waals surface area contributed by atoms with Gasteiger partial charge in [-0.2, -0.15) is 4.39 Å². The largest absolute Gasteiger partial charge is 0.489 e. The average molecular weight is 401 g/mol. The number of halogens is 2. The molecule has 1 aromatic rings. The van der Waals surface area contributed by atoms with Crippen LogP contribution < -0.4 is 10.2 Å². The molecule has 0 atom stereocenters. The van der Waals surface area contributed by atoms with Gasteiger partial charge in [0.05, 0.1) is 6.61 Å². The van der Waals surface area contributed by atoms with Gasteiger partial charge in [0.2, 0.25) is 5.82 Å². The van der Waals surface area contributed by atoms with Gasteiger partial charge in [0, 0.05) is 39.4 Å². The number of nitrogens with one attached hydrogen (secondary N) is 1. The fraction of sp³-hybridized carbons (Fsp3) is 0.632. The molecule has 1 aliphatic rings. The minimum atomic E-state index is -1.04. The van der Waals surface area contributed by atoms with E-state index in [9.17, 15) is 18.7 Å². The minimum Gasteiger partial charge on any atom is -0.489 e. The van der Waals surface area contributed by atoms with Crippen LogP contribution in [0.5, 0.6) is 5.75 Å². The number of ether oxygens (including phenoxy) is 2. The van der Waals surface area contributed by atoms with E-state index in [1.54, 1.807) is 14.2 Å². The highest BCUT2D eigenvalue weighted by Crippen LogP contribution is 2.36. The zero-order valence-electron chi connectivity index (χ0n) is 16.6. The molecule has 0 heterocycles. The molecule has 28 heavy (non-hydrogen) atoms. The quantitative estimate of drug-likeness (QED) is 0.518. The van der Waals surface area contributed by atoms with Gasteiger partial charge in [-0.1, -0.05) is 6.07 Å². The van der Waals surface area contributed by atoms with Gasteiger partial charge in [-0.3, -0.25) is 4.79 Å². The lowest BCUT2D eigenvalue weighted by Crippen LogP contribution is -2.62. The van der Waals surface area contributed by atoms with Gasteiger partial charge >= 0.3 is 5.97 Å². The van der Waals surface area contributed by atoms with E-state index < -0.39 is 23.1 Å². The maximum absolute atomic E-state index is 14.4. The highest BCUT2D eigenvalue weighted by Gasteiger charge is 2.48. The lowest BCUT2D eigenvalue weighted by molar-refractivity contribution is -0.160. The van der Waals surface area contributed by atoms with Crippen molar-refractivity contribution in [3.8, 4) is 5.75 Å². The second kappa shape index (κ2) is 10.1. The first-order valence-electron chi connectivity index (χ1n) is 9.29. The Hall–Kier alpha value is -1.81. The average Bonchev–Trinajstić information content (AvgIpc) is 2.61. The van der Waals surface area contributed by atoms with Crippen molar-refractivity contribution in [2.45, 2.75) is 31.3 Å². The van der Waals surface area contributed by atoms with Gasteiger partial charge < -0.3 is 19.5 Å². The summed E-state index contributed by atoms with van der Waals surface area (Å²) in [5, 5.41) is 10.9. The second-order valence-corrected chi connectivity index (χ2v) is 7.08. The van der Waals surface area contributed by atoms with E-state index in [-0.39, 0.29) is 24.5 Å². The Morgan fingerprint density at radius 2 is 1.89 bits per heavy atom. The molecule has 0 aliphatic heterocycles. The van der Waals surface area contributed by atoms with Crippen molar-refractivity contribution in [1.29, 1.82) is 0 Å². The molecule has 0 saturated heterocycles. The van der Waals surface area contributed by atoms with Crippen molar-refractivity contribution in [2.24, 2.45) is 0 Å². The number of likely N-dealkylation sites (N-methyl/N-ethyl adjacent to an activating group) is 2. The van der Waals surface area contributed by atoms with Crippen molar-refractivity contribution in [3.05, 3.63) is 29.3 Å². The van der Waals surface area contributed by atoms with Crippen molar-refractivity contribution in [2.75, 3.05) is 47.5 Å². The number of hydrazine groups is 1. The van der Waals surface area contributed by atoms with E-state index >= 15 is 0 Å². The number of carboxylic acid groups (broad SMARTS) is 1. The van der Waals surface area contributed by atoms with Crippen LogP contribution in [0.2, 0.25) is 0 Å². The van der Waals surface area contributed by atoms with Crippen LogP contribution in [-0.2, 0) is 16.1 Å². The molecule has 0 aromatic heterocycles.